The number of hydrogen-bond donors (Lipinski definition) is 1. The second-order valence-electron chi connectivity index (χ2n) is 4.26. The molecule has 0 aliphatic heterocycles. The molecule has 0 unspecified atom stereocenters. The van der Waals surface area contributed by atoms with Gasteiger partial charge in [0.05, 0.1) is 11.5 Å². The molecule has 0 bridgehead atoms. The highest BCUT2D eigenvalue weighted by Gasteiger charge is 2.10. The van der Waals surface area contributed by atoms with E-state index in [1.54, 1.807) is 12.1 Å². The van der Waals surface area contributed by atoms with Crippen LogP contribution in [0.15, 0.2) is 18.2 Å². The third-order valence-electron chi connectivity index (χ3n) is 2.70. The molecule has 18 heavy (non-hydrogen) atoms. The summed E-state index contributed by atoms with van der Waals surface area (Å²) in [4.78, 5) is 10.1. The average Bonchev–Trinajstić information content (AvgIpc) is 2.33. The van der Waals surface area contributed by atoms with Crippen molar-refractivity contribution in [2.45, 2.75) is 39.2 Å². The minimum absolute atomic E-state index is 0.0540. The molecule has 0 aromatic heterocycles. The summed E-state index contributed by atoms with van der Waals surface area (Å²) in [7, 11) is 0. The van der Waals surface area contributed by atoms with E-state index in [1.807, 2.05) is 0 Å². The zero-order valence-corrected chi connectivity index (χ0v) is 10.7. The van der Waals surface area contributed by atoms with E-state index in [-0.39, 0.29) is 11.4 Å². The standard InChI is InChI=1S/C13H20N2O3/c1-2-3-4-5-8-18-10-11-6-7-13(15(16)17)12(14)9-11/h6-7,9H,2-5,8,10,14H2,1H3. The fraction of sp³-hybridized carbons (Fsp3) is 0.538. The molecule has 0 saturated carbocycles. The Balaban J connectivity index is 2.35. The Labute approximate surface area is 107 Å². The van der Waals surface area contributed by atoms with Gasteiger partial charge in [0.15, 0.2) is 0 Å². The topological polar surface area (TPSA) is 78.4 Å². The van der Waals surface area contributed by atoms with Crippen LogP contribution < -0.4 is 5.73 Å². The van der Waals surface area contributed by atoms with Crippen molar-refractivity contribution in [3.63, 3.8) is 0 Å². The number of nitro benzene ring substituents is 1. The lowest BCUT2D eigenvalue weighted by Gasteiger charge is -2.05. The Bertz CT molecular complexity index is 394. The molecular weight excluding hydrogens is 232 g/mol. The number of hydrogen-bond acceptors (Lipinski definition) is 4. The number of anilines is 1. The van der Waals surface area contributed by atoms with E-state index in [0.717, 1.165) is 18.6 Å². The van der Waals surface area contributed by atoms with E-state index in [2.05, 4.69) is 6.92 Å². The number of ether oxygens (including phenoxy) is 1. The molecule has 5 nitrogen and oxygen atoms in total. The molecule has 100 valence electrons. The number of nitro groups is 1. The molecule has 0 fully saturated rings. The molecule has 1 aromatic carbocycles. The van der Waals surface area contributed by atoms with E-state index in [4.69, 9.17) is 10.5 Å². The monoisotopic (exact) mass is 252 g/mol. The molecule has 0 atom stereocenters. The zero-order chi connectivity index (χ0) is 13.4. The average molecular weight is 252 g/mol. The van der Waals surface area contributed by atoms with Crippen molar-refractivity contribution < 1.29 is 9.66 Å². The highest BCUT2D eigenvalue weighted by atomic mass is 16.6. The van der Waals surface area contributed by atoms with Gasteiger partial charge in [-0.2, -0.15) is 0 Å². The first-order valence-electron chi connectivity index (χ1n) is 6.25. The number of nitrogens with two attached hydrogens (primary N) is 1. The fourth-order valence-corrected chi connectivity index (χ4v) is 1.68. The molecule has 5 heteroatoms. The summed E-state index contributed by atoms with van der Waals surface area (Å²) in [5, 5.41) is 10.6. The van der Waals surface area contributed by atoms with E-state index in [1.165, 1.54) is 25.3 Å². The molecular formula is C13H20N2O3. The highest BCUT2D eigenvalue weighted by molar-refractivity contribution is 5.59. The number of benzene rings is 1. The first-order valence-corrected chi connectivity index (χ1v) is 6.25. The van der Waals surface area contributed by atoms with Crippen LogP contribution in [0, 0.1) is 10.1 Å². The summed E-state index contributed by atoms with van der Waals surface area (Å²) in [6.45, 7) is 3.34. The van der Waals surface area contributed by atoms with Gasteiger partial charge >= 0.3 is 0 Å². The van der Waals surface area contributed by atoms with E-state index in [9.17, 15) is 10.1 Å². The number of nitrogens with zero attached hydrogens (tertiary/aromatic N) is 1. The third-order valence-corrected chi connectivity index (χ3v) is 2.70. The number of unbranched alkanes of at least 4 members (excludes halogenated alkanes) is 3. The maximum atomic E-state index is 10.6. The van der Waals surface area contributed by atoms with Crippen LogP contribution >= 0.6 is 0 Å². The van der Waals surface area contributed by atoms with E-state index >= 15 is 0 Å². The lowest BCUT2D eigenvalue weighted by atomic mass is 10.2. The van der Waals surface area contributed by atoms with Crippen molar-refractivity contribution in [1.82, 2.24) is 0 Å². The second kappa shape index (κ2) is 7.66. The van der Waals surface area contributed by atoms with Gasteiger partial charge in [0.2, 0.25) is 0 Å². The SMILES string of the molecule is CCCCCCOCc1ccc([N+](=O)[O-])c(N)c1. The molecule has 2 N–H and O–H groups in total. The summed E-state index contributed by atoms with van der Waals surface area (Å²) in [6.07, 6.45) is 4.67. The van der Waals surface area contributed by atoms with Gasteiger partial charge in [-0.15, -0.1) is 0 Å². The molecule has 0 saturated heterocycles. The molecule has 0 aliphatic rings. The van der Waals surface area contributed by atoms with Gasteiger partial charge in [-0.1, -0.05) is 26.2 Å². The van der Waals surface area contributed by atoms with Gasteiger partial charge in [0, 0.05) is 12.7 Å². The van der Waals surface area contributed by atoms with Gasteiger partial charge in [0.25, 0.3) is 5.69 Å². The normalized spacial score (nSPS) is 10.5. The summed E-state index contributed by atoms with van der Waals surface area (Å²) in [6, 6.07) is 4.70. The molecule has 0 amide bonds. The van der Waals surface area contributed by atoms with Gasteiger partial charge in [0.1, 0.15) is 5.69 Å². The van der Waals surface area contributed by atoms with Gasteiger partial charge in [-0.05, 0) is 24.1 Å². The molecule has 1 rings (SSSR count). The van der Waals surface area contributed by atoms with Crippen LogP contribution in [0.2, 0.25) is 0 Å². The second-order valence-corrected chi connectivity index (χ2v) is 4.26. The Morgan fingerprint density at radius 2 is 2.11 bits per heavy atom. The van der Waals surface area contributed by atoms with Crippen molar-refractivity contribution >= 4 is 11.4 Å². The van der Waals surface area contributed by atoms with Crippen LogP contribution in [-0.4, -0.2) is 11.5 Å². The van der Waals surface area contributed by atoms with Gasteiger partial charge in [-0.25, -0.2) is 0 Å². The predicted molar refractivity (Wildman–Crippen MR) is 71.3 cm³/mol. The van der Waals surface area contributed by atoms with Crippen molar-refractivity contribution in [2.24, 2.45) is 0 Å². The first-order chi connectivity index (χ1) is 8.65. The number of nitrogen functional groups attached to an aromatic ring is 1. The maximum absolute atomic E-state index is 10.6. The summed E-state index contributed by atoms with van der Waals surface area (Å²) in [5.41, 5.74) is 6.60. The van der Waals surface area contributed by atoms with E-state index < -0.39 is 4.92 Å². The quantitative estimate of drug-likeness (QED) is 0.333. The fourth-order valence-electron chi connectivity index (χ4n) is 1.68. The Hall–Kier alpha value is -1.62. The minimum atomic E-state index is -0.481. The summed E-state index contributed by atoms with van der Waals surface area (Å²) >= 11 is 0. The molecule has 0 aliphatic carbocycles. The molecule has 0 heterocycles. The smallest absolute Gasteiger partial charge is 0.292 e. The third kappa shape index (κ3) is 4.71. The van der Waals surface area contributed by atoms with Gasteiger partial charge in [-0.3, -0.25) is 10.1 Å². The van der Waals surface area contributed by atoms with Crippen molar-refractivity contribution in [2.75, 3.05) is 12.3 Å². The van der Waals surface area contributed by atoms with Crippen molar-refractivity contribution in [3.8, 4) is 0 Å². The Kier molecular flexibility index (Phi) is 6.14. The predicted octanol–water partition coefficient (Wildman–Crippen LogP) is 3.27. The number of rotatable bonds is 8. The maximum Gasteiger partial charge on any atom is 0.292 e. The minimum Gasteiger partial charge on any atom is -0.393 e. The lowest BCUT2D eigenvalue weighted by Crippen LogP contribution is -1.99. The van der Waals surface area contributed by atoms with E-state index in [0.29, 0.717) is 6.61 Å². The van der Waals surface area contributed by atoms with Crippen LogP contribution in [0.1, 0.15) is 38.2 Å². The molecule has 0 spiro atoms. The lowest BCUT2D eigenvalue weighted by molar-refractivity contribution is -0.383. The highest BCUT2D eigenvalue weighted by Crippen LogP contribution is 2.22. The van der Waals surface area contributed by atoms with Crippen LogP contribution in [0.25, 0.3) is 0 Å². The van der Waals surface area contributed by atoms with Crippen molar-refractivity contribution in [3.05, 3.63) is 33.9 Å². The Morgan fingerprint density at radius 1 is 1.33 bits per heavy atom. The van der Waals surface area contributed by atoms with Crippen LogP contribution in [0.3, 0.4) is 0 Å². The first kappa shape index (κ1) is 14.4. The summed E-state index contributed by atoms with van der Waals surface area (Å²) < 4.78 is 5.50. The van der Waals surface area contributed by atoms with Gasteiger partial charge < -0.3 is 10.5 Å². The molecule has 1 aromatic rings. The van der Waals surface area contributed by atoms with Crippen molar-refractivity contribution in [1.29, 1.82) is 0 Å². The Morgan fingerprint density at radius 3 is 2.72 bits per heavy atom. The zero-order valence-electron chi connectivity index (χ0n) is 10.7. The largest absolute Gasteiger partial charge is 0.393 e. The van der Waals surface area contributed by atoms with Crippen LogP contribution in [0.4, 0.5) is 11.4 Å². The van der Waals surface area contributed by atoms with Crippen LogP contribution in [0.5, 0.6) is 0 Å². The van der Waals surface area contributed by atoms with Crippen LogP contribution in [-0.2, 0) is 11.3 Å². The molecule has 0 radical (unpaired) electrons. The summed E-state index contributed by atoms with van der Waals surface area (Å²) in [5.74, 6) is 0.